The van der Waals surface area contributed by atoms with Crippen molar-refractivity contribution in [2.45, 2.75) is 104 Å². The average Bonchev–Trinajstić information content (AvgIpc) is 2.92. The lowest BCUT2D eigenvalue weighted by atomic mass is 10.1. The Hall–Kier alpha value is -2.70. The van der Waals surface area contributed by atoms with Crippen molar-refractivity contribution in [3.05, 3.63) is 70.8 Å². The maximum atomic E-state index is 12.4. The van der Waals surface area contributed by atoms with Crippen LogP contribution in [-0.2, 0) is 32.4 Å². The van der Waals surface area contributed by atoms with Crippen LogP contribution < -0.4 is 0 Å². The van der Waals surface area contributed by atoms with Crippen molar-refractivity contribution in [3.8, 4) is 0 Å². The van der Waals surface area contributed by atoms with Crippen LogP contribution in [0, 0.1) is 0 Å². The lowest BCUT2D eigenvalue weighted by Crippen LogP contribution is -2.22. The van der Waals surface area contributed by atoms with E-state index in [1.165, 1.54) is 38.5 Å². The number of rotatable bonds is 18. The molecule has 36 heavy (non-hydrogen) atoms. The van der Waals surface area contributed by atoms with Crippen molar-refractivity contribution in [2.24, 2.45) is 0 Å². The van der Waals surface area contributed by atoms with Gasteiger partial charge in [-0.15, -0.1) is 9.78 Å². The fraction of sp³-hybridized carbons (Fsp3) is 0.533. The first-order valence-corrected chi connectivity index (χ1v) is 13.5. The Morgan fingerprint density at radius 2 is 0.972 bits per heavy atom. The molecule has 0 aliphatic heterocycles. The summed E-state index contributed by atoms with van der Waals surface area (Å²) in [5, 5.41) is 0. The van der Waals surface area contributed by atoms with Gasteiger partial charge < -0.3 is 0 Å². The monoisotopic (exact) mass is 498 g/mol. The van der Waals surface area contributed by atoms with E-state index in [4.69, 9.17) is 19.6 Å². The normalized spacial score (nSPS) is 11.0. The molecular weight excluding hydrogens is 456 g/mol. The summed E-state index contributed by atoms with van der Waals surface area (Å²) in [6.07, 6.45) is 11.7. The predicted octanol–water partition coefficient (Wildman–Crippen LogP) is 7.94. The van der Waals surface area contributed by atoms with Crippen LogP contribution in [0.25, 0.3) is 0 Å². The third-order valence-corrected chi connectivity index (χ3v) is 6.20. The summed E-state index contributed by atoms with van der Waals surface area (Å²) in [6.45, 7) is 6.31. The van der Waals surface area contributed by atoms with E-state index in [9.17, 15) is 9.59 Å². The Morgan fingerprint density at radius 1 is 0.583 bits per heavy atom. The van der Waals surface area contributed by atoms with Crippen molar-refractivity contribution >= 4 is 11.9 Å². The summed E-state index contributed by atoms with van der Waals surface area (Å²) >= 11 is 0. The highest BCUT2D eigenvalue weighted by molar-refractivity contribution is 5.89. The minimum atomic E-state index is -1.01. The second-order valence-corrected chi connectivity index (χ2v) is 9.08. The minimum Gasteiger partial charge on any atom is -0.290 e. The van der Waals surface area contributed by atoms with Gasteiger partial charge in [-0.1, -0.05) is 96.4 Å². The topological polar surface area (TPSA) is 71.1 Å². The maximum Gasteiger partial charge on any atom is 0.373 e. The number of benzene rings is 2. The predicted molar refractivity (Wildman–Crippen MR) is 140 cm³/mol. The molecule has 2 aromatic rings. The summed E-state index contributed by atoms with van der Waals surface area (Å²) in [7, 11) is 0. The molecule has 0 unspecified atom stereocenters. The third-order valence-electron chi connectivity index (χ3n) is 6.20. The lowest BCUT2D eigenvalue weighted by Gasteiger charge is -2.15. The van der Waals surface area contributed by atoms with Gasteiger partial charge in [0.25, 0.3) is 0 Å². The van der Waals surface area contributed by atoms with Gasteiger partial charge in [0.1, 0.15) is 0 Å². The number of aryl methyl sites for hydroxylation is 2. The molecule has 0 heterocycles. The molecule has 0 amide bonds. The summed E-state index contributed by atoms with van der Waals surface area (Å²) in [6, 6.07) is 14.3. The van der Waals surface area contributed by atoms with Gasteiger partial charge in [0.05, 0.1) is 11.1 Å². The van der Waals surface area contributed by atoms with Crippen LogP contribution in [-0.4, -0.2) is 18.2 Å². The van der Waals surface area contributed by atoms with E-state index in [0.717, 1.165) is 43.2 Å². The smallest absolute Gasteiger partial charge is 0.290 e. The Balaban J connectivity index is 1.83. The summed E-state index contributed by atoms with van der Waals surface area (Å²) < 4.78 is 0. The summed E-state index contributed by atoms with van der Waals surface area (Å²) in [5.41, 5.74) is 3.00. The van der Waals surface area contributed by atoms with Crippen LogP contribution in [0.1, 0.15) is 117 Å². The van der Waals surface area contributed by atoms with Gasteiger partial charge in [-0.25, -0.2) is 9.59 Å². The quantitative estimate of drug-likeness (QED) is 0.0899. The molecule has 0 fully saturated rings. The molecule has 0 spiro atoms. The van der Waals surface area contributed by atoms with Crippen LogP contribution in [0.4, 0.5) is 0 Å². The SMILES string of the molecule is CCCCCCCCCCCC(OOC(=O)c1ccc(CC)cc1)OOC(=O)c1ccc(CC)cc1. The molecule has 6 heteroatoms. The van der Waals surface area contributed by atoms with Crippen LogP contribution in [0.15, 0.2) is 48.5 Å². The highest BCUT2D eigenvalue weighted by atomic mass is 17.3. The van der Waals surface area contributed by atoms with Gasteiger partial charge in [-0.05, 0) is 54.7 Å². The van der Waals surface area contributed by atoms with E-state index in [-0.39, 0.29) is 0 Å². The first kappa shape index (κ1) is 29.5. The van der Waals surface area contributed by atoms with Crippen molar-refractivity contribution in [1.29, 1.82) is 0 Å². The Labute approximate surface area is 216 Å². The van der Waals surface area contributed by atoms with Gasteiger partial charge in [-0.2, -0.15) is 0 Å². The van der Waals surface area contributed by atoms with E-state index in [0.29, 0.717) is 17.5 Å². The molecule has 2 aromatic carbocycles. The van der Waals surface area contributed by atoms with Crippen molar-refractivity contribution in [1.82, 2.24) is 0 Å². The molecule has 0 N–H and O–H groups in total. The van der Waals surface area contributed by atoms with Gasteiger partial charge in [0.2, 0.25) is 6.29 Å². The van der Waals surface area contributed by atoms with Crippen molar-refractivity contribution in [2.75, 3.05) is 0 Å². The first-order chi connectivity index (χ1) is 17.6. The standard InChI is InChI=1S/C30H42O6/c1-4-7-8-9-10-11-12-13-14-15-28(33-35-29(31)26-20-16-24(5-2)17-21-26)34-36-30(32)27-22-18-25(6-3)19-23-27/h16-23,28H,4-15H2,1-3H3. The molecule has 0 bridgehead atoms. The fourth-order valence-electron chi connectivity index (χ4n) is 3.78. The van der Waals surface area contributed by atoms with Crippen LogP contribution >= 0.6 is 0 Å². The molecule has 0 saturated carbocycles. The number of hydrogen-bond acceptors (Lipinski definition) is 6. The Bertz CT molecular complexity index is 812. The Kier molecular flexibility index (Phi) is 14.5. The van der Waals surface area contributed by atoms with E-state index in [1.807, 2.05) is 38.1 Å². The third kappa shape index (κ3) is 11.4. The van der Waals surface area contributed by atoms with Crippen LogP contribution in [0.3, 0.4) is 0 Å². The number of unbranched alkanes of at least 4 members (excludes halogenated alkanes) is 8. The fourth-order valence-corrected chi connectivity index (χ4v) is 3.78. The lowest BCUT2D eigenvalue weighted by molar-refractivity contribution is -0.421. The van der Waals surface area contributed by atoms with Gasteiger partial charge in [0.15, 0.2) is 0 Å². The molecule has 0 saturated heterocycles. The molecule has 0 aromatic heterocycles. The molecule has 0 atom stereocenters. The average molecular weight is 499 g/mol. The van der Waals surface area contributed by atoms with E-state index in [2.05, 4.69) is 6.92 Å². The van der Waals surface area contributed by atoms with Crippen molar-refractivity contribution in [3.63, 3.8) is 0 Å². The number of carbonyl (C=O) groups is 2. The van der Waals surface area contributed by atoms with Crippen LogP contribution in [0.2, 0.25) is 0 Å². The van der Waals surface area contributed by atoms with Gasteiger partial charge in [0, 0.05) is 6.42 Å². The first-order valence-electron chi connectivity index (χ1n) is 13.5. The van der Waals surface area contributed by atoms with E-state index < -0.39 is 18.2 Å². The maximum absolute atomic E-state index is 12.4. The number of carbonyl (C=O) groups excluding carboxylic acids is 2. The molecule has 2 rings (SSSR count). The molecule has 0 aliphatic carbocycles. The van der Waals surface area contributed by atoms with E-state index in [1.54, 1.807) is 24.3 Å². The molecule has 198 valence electrons. The minimum absolute atomic E-state index is 0.377. The zero-order chi connectivity index (χ0) is 26.0. The zero-order valence-electron chi connectivity index (χ0n) is 22.1. The number of hydrogen-bond donors (Lipinski definition) is 0. The summed E-state index contributed by atoms with van der Waals surface area (Å²) in [4.78, 5) is 45.3. The van der Waals surface area contributed by atoms with Gasteiger partial charge in [-0.3, -0.25) is 9.78 Å². The molecule has 6 nitrogen and oxygen atoms in total. The Morgan fingerprint density at radius 3 is 1.36 bits per heavy atom. The summed E-state index contributed by atoms with van der Waals surface area (Å²) in [5.74, 6) is -1.25. The molecule has 0 radical (unpaired) electrons. The second-order valence-electron chi connectivity index (χ2n) is 9.08. The highest BCUT2D eigenvalue weighted by Crippen LogP contribution is 2.16. The van der Waals surface area contributed by atoms with Crippen LogP contribution in [0.5, 0.6) is 0 Å². The van der Waals surface area contributed by atoms with Crippen molar-refractivity contribution < 1.29 is 29.1 Å². The highest BCUT2D eigenvalue weighted by Gasteiger charge is 2.19. The zero-order valence-corrected chi connectivity index (χ0v) is 22.1. The molecular formula is C30H42O6. The van der Waals surface area contributed by atoms with Gasteiger partial charge >= 0.3 is 11.9 Å². The van der Waals surface area contributed by atoms with E-state index >= 15 is 0 Å². The largest absolute Gasteiger partial charge is 0.373 e. The molecule has 0 aliphatic rings. The second kappa shape index (κ2) is 17.7.